The van der Waals surface area contributed by atoms with Crippen LogP contribution in [0.1, 0.15) is 28.9 Å². The molecule has 1 saturated heterocycles. The van der Waals surface area contributed by atoms with E-state index in [1.54, 1.807) is 11.3 Å². The first-order valence-corrected chi connectivity index (χ1v) is 7.82. The van der Waals surface area contributed by atoms with E-state index in [1.165, 1.54) is 4.88 Å². The quantitative estimate of drug-likeness (QED) is 0.871. The molecule has 1 aliphatic rings. The van der Waals surface area contributed by atoms with E-state index in [2.05, 4.69) is 23.7 Å². The molecule has 6 heteroatoms. The fourth-order valence-electron chi connectivity index (χ4n) is 2.57. The van der Waals surface area contributed by atoms with Crippen LogP contribution < -0.4 is 0 Å². The van der Waals surface area contributed by atoms with Crippen molar-refractivity contribution in [3.8, 4) is 0 Å². The third-order valence-corrected chi connectivity index (χ3v) is 4.82. The summed E-state index contributed by atoms with van der Waals surface area (Å²) < 4.78 is 5.39. The van der Waals surface area contributed by atoms with Crippen LogP contribution in [0.4, 0.5) is 0 Å². The number of aryl methyl sites for hydroxylation is 2. The fourth-order valence-corrected chi connectivity index (χ4v) is 3.53. The summed E-state index contributed by atoms with van der Waals surface area (Å²) in [6.45, 7) is 8.59. The van der Waals surface area contributed by atoms with Gasteiger partial charge in [-0.15, -0.1) is 11.3 Å². The van der Waals surface area contributed by atoms with E-state index in [1.807, 2.05) is 6.92 Å². The summed E-state index contributed by atoms with van der Waals surface area (Å²) in [6.07, 6.45) is 0.992. The molecule has 20 heavy (non-hydrogen) atoms. The molecule has 5 nitrogen and oxygen atoms in total. The molecule has 2 atom stereocenters. The van der Waals surface area contributed by atoms with Gasteiger partial charge >= 0.3 is 5.97 Å². The molecular weight excluding hydrogens is 276 g/mol. The van der Waals surface area contributed by atoms with Crippen LogP contribution in [0, 0.1) is 19.8 Å². The van der Waals surface area contributed by atoms with Crippen molar-refractivity contribution in [1.82, 2.24) is 9.88 Å². The number of carboxylic acid groups (broad SMARTS) is 1. The Morgan fingerprint density at radius 3 is 2.80 bits per heavy atom. The predicted molar refractivity (Wildman–Crippen MR) is 78.0 cm³/mol. The number of aliphatic carboxylic acids is 1. The van der Waals surface area contributed by atoms with Gasteiger partial charge in [-0.3, -0.25) is 9.69 Å². The molecule has 0 bridgehead atoms. The molecule has 1 N–H and O–H groups in total. The third-order valence-electron chi connectivity index (χ3n) is 3.76. The van der Waals surface area contributed by atoms with Gasteiger partial charge in [0.15, 0.2) is 0 Å². The second kappa shape index (κ2) is 6.65. The lowest BCUT2D eigenvalue weighted by atomic mass is 10.0. The Balaban J connectivity index is 2.12. The zero-order chi connectivity index (χ0) is 14.7. The molecule has 1 aromatic rings. The van der Waals surface area contributed by atoms with Gasteiger partial charge in [0.05, 0.1) is 31.4 Å². The minimum Gasteiger partial charge on any atom is -0.481 e. The standard InChI is InChI=1S/C14H22N2O3S/c1-4-5-16(6-13-15-9(2)10(3)20-13)12-8-19-7-11(12)14(17)18/h11-12H,4-8H2,1-3H3,(H,17,18). The molecule has 0 amide bonds. The van der Waals surface area contributed by atoms with Crippen LogP contribution in [-0.2, 0) is 16.1 Å². The van der Waals surface area contributed by atoms with E-state index < -0.39 is 11.9 Å². The van der Waals surface area contributed by atoms with Crippen molar-refractivity contribution in [3.63, 3.8) is 0 Å². The largest absolute Gasteiger partial charge is 0.481 e. The lowest BCUT2D eigenvalue weighted by Crippen LogP contribution is -2.43. The lowest BCUT2D eigenvalue weighted by Gasteiger charge is -2.29. The van der Waals surface area contributed by atoms with Crippen molar-refractivity contribution in [3.05, 3.63) is 15.6 Å². The molecule has 1 fully saturated rings. The normalized spacial score (nSPS) is 22.6. The highest BCUT2D eigenvalue weighted by molar-refractivity contribution is 7.11. The Morgan fingerprint density at radius 1 is 1.50 bits per heavy atom. The second-order valence-corrected chi connectivity index (χ2v) is 6.56. The summed E-state index contributed by atoms with van der Waals surface area (Å²) in [5.74, 6) is -1.19. The minimum absolute atomic E-state index is 0.0445. The van der Waals surface area contributed by atoms with Gasteiger partial charge in [0.2, 0.25) is 0 Å². The maximum atomic E-state index is 11.3. The first-order valence-electron chi connectivity index (χ1n) is 7.00. The fraction of sp³-hybridized carbons (Fsp3) is 0.714. The van der Waals surface area contributed by atoms with E-state index in [4.69, 9.17) is 4.74 Å². The molecule has 0 aromatic carbocycles. The zero-order valence-corrected chi connectivity index (χ0v) is 13.1. The molecule has 2 unspecified atom stereocenters. The lowest BCUT2D eigenvalue weighted by molar-refractivity contribution is -0.143. The maximum Gasteiger partial charge on any atom is 0.310 e. The summed E-state index contributed by atoms with van der Waals surface area (Å²) in [5, 5.41) is 10.4. The van der Waals surface area contributed by atoms with Crippen LogP contribution in [0.15, 0.2) is 0 Å². The van der Waals surface area contributed by atoms with Gasteiger partial charge in [-0.05, 0) is 26.8 Å². The SMILES string of the molecule is CCCN(Cc1nc(C)c(C)s1)C1COCC1C(=O)O. The number of carboxylic acids is 1. The monoisotopic (exact) mass is 298 g/mol. The number of aromatic nitrogens is 1. The highest BCUT2D eigenvalue weighted by atomic mass is 32.1. The minimum atomic E-state index is -0.764. The number of rotatable bonds is 6. The average Bonchev–Trinajstić information content (AvgIpc) is 2.97. The summed E-state index contributed by atoms with van der Waals surface area (Å²) in [5.41, 5.74) is 1.07. The van der Waals surface area contributed by atoms with Crippen LogP contribution in [0.5, 0.6) is 0 Å². The highest BCUT2D eigenvalue weighted by Gasteiger charge is 2.37. The molecule has 1 aliphatic heterocycles. The zero-order valence-electron chi connectivity index (χ0n) is 12.3. The van der Waals surface area contributed by atoms with E-state index in [0.717, 1.165) is 23.7 Å². The van der Waals surface area contributed by atoms with Crippen molar-refractivity contribution in [1.29, 1.82) is 0 Å². The molecule has 0 saturated carbocycles. The molecule has 1 aromatic heterocycles. The van der Waals surface area contributed by atoms with Gasteiger partial charge in [-0.25, -0.2) is 4.98 Å². The first kappa shape index (κ1) is 15.4. The highest BCUT2D eigenvalue weighted by Crippen LogP contribution is 2.24. The predicted octanol–water partition coefficient (Wildman–Crippen LogP) is 2.07. The van der Waals surface area contributed by atoms with Crippen molar-refractivity contribution in [2.45, 2.75) is 39.8 Å². The van der Waals surface area contributed by atoms with Gasteiger partial charge < -0.3 is 9.84 Å². The molecular formula is C14H22N2O3S. The maximum absolute atomic E-state index is 11.3. The third kappa shape index (κ3) is 3.37. The number of hydrogen-bond acceptors (Lipinski definition) is 5. The Labute approximate surface area is 123 Å². The summed E-state index contributed by atoms with van der Waals surface area (Å²) in [4.78, 5) is 19.3. The van der Waals surface area contributed by atoms with Gasteiger partial charge in [-0.2, -0.15) is 0 Å². The summed E-state index contributed by atoms with van der Waals surface area (Å²) >= 11 is 1.70. The first-order chi connectivity index (χ1) is 9.52. The van der Waals surface area contributed by atoms with Crippen LogP contribution in [-0.4, -0.2) is 46.8 Å². The number of thiazole rings is 1. The van der Waals surface area contributed by atoms with Gasteiger partial charge in [0.25, 0.3) is 0 Å². The van der Waals surface area contributed by atoms with E-state index in [9.17, 15) is 9.90 Å². The van der Waals surface area contributed by atoms with E-state index in [-0.39, 0.29) is 6.04 Å². The average molecular weight is 298 g/mol. The van der Waals surface area contributed by atoms with Crippen LogP contribution in [0.2, 0.25) is 0 Å². The number of ether oxygens (including phenoxy) is 1. The summed E-state index contributed by atoms with van der Waals surface area (Å²) in [7, 11) is 0. The van der Waals surface area contributed by atoms with E-state index in [0.29, 0.717) is 19.8 Å². The molecule has 2 rings (SSSR count). The molecule has 0 spiro atoms. The summed E-state index contributed by atoms with van der Waals surface area (Å²) in [6, 6.07) is -0.0445. The topological polar surface area (TPSA) is 62.7 Å². The molecule has 0 aliphatic carbocycles. The Hall–Kier alpha value is -0.980. The molecule has 112 valence electrons. The van der Waals surface area contributed by atoms with Crippen LogP contribution in [0.3, 0.4) is 0 Å². The van der Waals surface area contributed by atoms with Crippen molar-refractivity contribution in [2.24, 2.45) is 5.92 Å². The molecule has 0 radical (unpaired) electrons. The van der Waals surface area contributed by atoms with Crippen molar-refractivity contribution < 1.29 is 14.6 Å². The Kier molecular flexibility index (Phi) is 5.12. The van der Waals surface area contributed by atoms with E-state index >= 15 is 0 Å². The van der Waals surface area contributed by atoms with Crippen molar-refractivity contribution in [2.75, 3.05) is 19.8 Å². The smallest absolute Gasteiger partial charge is 0.310 e. The van der Waals surface area contributed by atoms with Crippen LogP contribution >= 0.6 is 11.3 Å². The Morgan fingerprint density at radius 2 is 2.25 bits per heavy atom. The Bertz CT molecular complexity index is 455. The number of carbonyl (C=O) groups is 1. The number of nitrogens with zero attached hydrogens (tertiary/aromatic N) is 2. The molecule has 2 heterocycles. The van der Waals surface area contributed by atoms with Gasteiger partial charge in [0.1, 0.15) is 5.01 Å². The van der Waals surface area contributed by atoms with Crippen molar-refractivity contribution >= 4 is 17.3 Å². The van der Waals surface area contributed by atoms with Crippen LogP contribution in [0.25, 0.3) is 0 Å². The second-order valence-electron chi connectivity index (χ2n) is 5.27. The number of hydrogen-bond donors (Lipinski definition) is 1. The van der Waals surface area contributed by atoms with Gasteiger partial charge in [0, 0.05) is 10.9 Å². The van der Waals surface area contributed by atoms with Gasteiger partial charge in [-0.1, -0.05) is 6.92 Å².